The minimum Gasteiger partial charge on any atom is -0.504 e. The first-order valence-corrected chi connectivity index (χ1v) is 8.26. The number of phenols is 1. The zero-order valence-electron chi connectivity index (χ0n) is 15.8. The molecule has 0 spiro atoms. The van der Waals surface area contributed by atoms with Gasteiger partial charge in [-0.15, -0.1) is 0 Å². The molecule has 0 unspecified atom stereocenters. The van der Waals surface area contributed by atoms with Crippen molar-refractivity contribution in [3.63, 3.8) is 0 Å². The highest BCUT2D eigenvalue weighted by Gasteiger charge is 2.23. The maximum atomic E-state index is 12.5. The average Bonchev–Trinajstić information content (AvgIpc) is 2.66. The van der Waals surface area contributed by atoms with E-state index in [-0.39, 0.29) is 28.3 Å². The number of rotatable bonds is 8. The Bertz CT molecular complexity index is 1000. The Kier molecular flexibility index (Phi) is 6.50. The number of hydrogen-bond donors (Lipinski definition) is 2. The number of nitrogens with zero attached hydrogens (tertiary/aromatic N) is 1. The van der Waals surface area contributed by atoms with E-state index in [9.17, 15) is 29.6 Å². The summed E-state index contributed by atoms with van der Waals surface area (Å²) in [4.78, 5) is 46.6. The van der Waals surface area contributed by atoms with Crippen LogP contribution < -0.4 is 14.8 Å². The molecule has 0 atom stereocenters. The third kappa shape index (κ3) is 4.67. The molecule has 0 aliphatic heterocycles. The molecule has 0 bridgehead atoms. The maximum Gasteiger partial charge on any atom is 0.293 e. The predicted octanol–water partition coefficient (Wildman–Crippen LogP) is 2.73. The standard InChI is InChI=1S/C19H18N2O8/c1-10(22)20-13-6-4-11(8-14(13)21(26)27)15(23)9-16(24)12-5-7-17(28-2)19(29-3)18(12)25/h4-8,25H,9H2,1-3H3,(H,20,22). The second-order valence-corrected chi connectivity index (χ2v) is 5.89. The molecule has 2 aromatic carbocycles. The molecule has 0 aromatic heterocycles. The van der Waals surface area contributed by atoms with Crippen LogP contribution in [0.25, 0.3) is 0 Å². The number of carbonyl (C=O) groups is 3. The van der Waals surface area contributed by atoms with Crippen LogP contribution in [0.1, 0.15) is 34.1 Å². The van der Waals surface area contributed by atoms with Crippen LogP contribution in [0.5, 0.6) is 17.2 Å². The fraction of sp³-hybridized carbons (Fsp3) is 0.211. The molecular weight excluding hydrogens is 384 g/mol. The number of anilines is 1. The Labute approximate surface area is 165 Å². The second-order valence-electron chi connectivity index (χ2n) is 5.89. The van der Waals surface area contributed by atoms with Gasteiger partial charge in [0.15, 0.2) is 23.1 Å². The molecule has 0 aliphatic rings. The lowest BCUT2D eigenvalue weighted by atomic mass is 9.99. The number of phenolic OH excluding ortho intramolecular Hbond substituents is 1. The highest BCUT2D eigenvalue weighted by molar-refractivity contribution is 6.15. The average molecular weight is 402 g/mol. The number of ketones is 2. The minimum absolute atomic E-state index is 0.0545. The third-order valence-corrected chi connectivity index (χ3v) is 3.97. The molecule has 0 aliphatic carbocycles. The van der Waals surface area contributed by atoms with E-state index >= 15 is 0 Å². The normalized spacial score (nSPS) is 10.2. The fourth-order valence-corrected chi connectivity index (χ4v) is 2.63. The van der Waals surface area contributed by atoms with Gasteiger partial charge in [-0.25, -0.2) is 0 Å². The number of carbonyl (C=O) groups excluding carboxylic acids is 3. The van der Waals surface area contributed by atoms with Crippen molar-refractivity contribution >= 4 is 28.8 Å². The van der Waals surface area contributed by atoms with Gasteiger partial charge in [0.05, 0.1) is 31.1 Å². The zero-order valence-corrected chi connectivity index (χ0v) is 15.8. The van der Waals surface area contributed by atoms with Crippen LogP contribution in [0.4, 0.5) is 11.4 Å². The van der Waals surface area contributed by atoms with Gasteiger partial charge in [-0.1, -0.05) is 0 Å². The largest absolute Gasteiger partial charge is 0.504 e. The van der Waals surface area contributed by atoms with Crippen LogP contribution in [-0.4, -0.2) is 41.7 Å². The quantitative estimate of drug-likeness (QED) is 0.297. The summed E-state index contributed by atoms with van der Waals surface area (Å²) in [5, 5.41) is 23.7. The molecule has 2 rings (SSSR count). The van der Waals surface area contributed by atoms with Gasteiger partial charge in [0.2, 0.25) is 11.7 Å². The number of aromatic hydroxyl groups is 1. The van der Waals surface area contributed by atoms with E-state index < -0.39 is 40.3 Å². The van der Waals surface area contributed by atoms with Gasteiger partial charge in [0.25, 0.3) is 5.69 Å². The van der Waals surface area contributed by atoms with E-state index in [4.69, 9.17) is 9.47 Å². The van der Waals surface area contributed by atoms with E-state index in [1.165, 1.54) is 45.4 Å². The Morgan fingerprint density at radius 3 is 2.34 bits per heavy atom. The van der Waals surface area contributed by atoms with Crippen molar-refractivity contribution in [2.24, 2.45) is 0 Å². The summed E-state index contributed by atoms with van der Waals surface area (Å²) in [5.41, 5.74) is -0.783. The Morgan fingerprint density at radius 1 is 1.10 bits per heavy atom. The summed E-state index contributed by atoms with van der Waals surface area (Å²) in [6.45, 7) is 1.19. The summed E-state index contributed by atoms with van der Waals surface area (Å²) < 4.78 is 10.0. The van der Waals surface area contributed by atoms with Crippen molar-refractivity contribution in [1.29, 1.82) is 0 Å². The lowest BCUT2D eigenvalue weighted by Gasteiger charge is -2.12. The first-order valence-electron chi connectivity index (χ1n) is 8.26. The second kappa shape index (κ2) is 8.83. The Morgan fingerprint density at radius 2 is 1.79 bits per heavy atom. The number of Topliss-reactive ketones (excluding diaryl/α,β-unsaturated/α-hetero) is 2. The SMILES string of the molecule is COc1ccc(C(=O)CC(=O)c2ccc(NC(C)=O)c([N+](=O)[O-])c2)c(O)c1OC. The van der Waals surface area contributed by atoms with Gasteiger partial charge in [-0.3, -0.25) is 24.5 Å². The molecule has 2 aromatic rings. The van der Waals surface area contributed by atoms with Crippen LogP contribution in [0.15, 0.2) is 30.3 Å². The van der Waals surface area contributed by atoms with Gasteiger partial charge in [-0.05, 0) is 24.3 Å². The topological polar surface area (TPSA) is 145 Å². The van der Waals surface area contributed by atoms with Crippen molar-refractivity contribution in [2.45, 2.75) is 13.3 Å². The number of nitrogens with one attached hydrogen (secondary N) is 1. The molecule has 10 nitrogen and oxygen atoms in total. The molecule has 152 valence electrons. The molecular formula is C19H18N2O8. The van der Waals surface area contributed by atoms with Gasteiger partial charge in [0.1, 0.15) is 5.69 Å². The summed E-state index contributed by atoms with van der Waals surface area (Å²) >= 11 is 0. The van der Waals surface area contributed by atoms with Crippen LogP contribution in [0, 0.1) is 10.1 Å². The number of ether oxygens (including phenoxy) is 2. The first-order chi connectivity index (χ1) is 13.7. The lowest BCUT2D eigenvalue weighted by Crippen LogP contribution is -2.11. The summed E-state index contributed by atoms with van der Waals surface area (Å²) in [6, 6.07) is 6.15. The highest BCUT2D eigenvalue weighted by Crippen LogP contribution is 2.39. The van der Waals surface area contributed by atoms with E-state index in [2.05, 4.69) is 5.32 Å². The molecule has 0 saturated heterocycles. The van der Waals surface area contributed by atoms with Crippen molar-refractivity contribution in [2.75, 3.05) is 19.5 Å². The number of amides is 1. The molecule has 0 heterocycles. The predicted molar refractivity (Wildman–Crippen MR) is 102 cm³/mol. The van der Waals surface area contributed by atoms with E-state index in [0.29, 0.717) is 0 Å². The molecule has 1 amide bonds. The molecule has 10 heteroatoms. The highest BCUT2D eigenvalue weighted by atomic mass is 16.6. The van der Waals surface area contributed by atoms with Crippen molar-refractivity contribution in [1.82, 2.24) is 0 Å². The molecule has 0 saturated carbocycles. The van der Waals surface area contributed by atoms with E-state index in [0.717, 1.165) is 6.07 Å². The molecule has 2 N–H and O–H groups in total. The zero-order chi connectivity index (χ0) is 21.7. The van der Waals surface area contributed by atoms with Crippen molar-refractivity contribution in [3.8, 4) is 17.2 Å². The summed E-state index contributed by atoms with van der Waals surface area (Å²) in [7, 11) is 2.65. The minimum atomic E-state index is -0.746. The lowest BCUT2D eigenvalue weighted by molar-refractivity contribution is -0.384. The molecule has 0 fully saturated rings. The van der Waals surface area contributed by atoms with E-state index in [1.54, 1.807) is 0 Å². The van der Waals surface area contributed by atoms with Crippen molar-refractivity contribution < 1.29 is 33.9 Å². The van der Waals surface area contributed by atoms with Crippen LogP contribution in [0.3, 0.4) is 0 Å². The smallest absolute Gasteiger partial charge is 0.293 e. The Balaban J connectivity index is 2.31. The number of hydrogen-bond acceptors (Lipinski definition) is 8. The summed E-state index contributed by atoms with van der Waals surface area (Å²) in [5.74, 6) is -2.23. The number of benzene rings is 2. The monoisotopic (exact) mass is 402 g/mol. The van der Waals surface area contributed by atoms with Crippen molar-refractivity contribution in [3.05, 3.63) is 51.6 Å². The van der Waals surface area contributed by atoms with Crippen LogP contribution in [-0.2, 0) is 4.79 Å². The van der Waals surface area contributed by atoms with Crippen LogP contribution in [0.2, 0.25) is 0 Å². The van der Waals surface area contributed by atoms with Gasteiger partial charge >= 0.3 is 0 Å². The number of nitro benzene ring substituents is 1. The maximum absolute atomic E-state index is 12.5. The van der Waals surface area contributed by atoms with Gasteiger partial charge < -0.3 is 19.9 Å². The first kappa shape index (κ1) is 21.4. The molecule has 29 heavy (non-hydrogen) atoms. The third-order valence-electron chi connectivity index (χ3n) is 3.97. The number of nitro groups is 1. The summed E-state index contributed by atoms with van der Waals surface area (Å²) in [6.07, 6.45) is -0.639. The Hall–Kier alpha value is -3.95. The van der Waals surface area contributed by atoms with Gasteiger partial charge in [0, 0.05) is 18.6 Å². The molecule has 0 radical (unpaired) electrons. The van der Waals surface area contributed by atoms with E-state index in [1.807, 2.05) is 0 Å². The van der Waals surface area contributed by atoms with Gasteiger partial charge in [-0.2, -0.15) is 0 Å². The van der Waals surface area contributed by atoms with Crippen LogP contribution >= 0.6 is 0 Å². The fourth-order valence-electron chi connectivity index (χ4n) is 2.63. The number of methoxy groups -OCH3 is 2.